The van der Waals surface area contributed by atoms with Crippen LogP contribution in [0.3, 0.4) is 0 Å². The minimum absolute atomic E-state index is 0.109. The zero-order chi connectivity index (χ0) is 22.3. The zero-order valence-corrected chi connectivity index (χ0v) is 18.6. The fourth-order valence-electron chi connectivity index (χ4n) is 4.26. The average molecular weight is 444 g/mol. The van der Waals surface area contributed by atoms with Gasteiger partial charge < -0.3 is 0 Å². The Bertz CT molecular complexity index is 1010. The Morgan fingerprint density at radius 1 is 0.750 bits per heavy atom. The van der Waals surface area contributed by atoms with E-state index in [0.717, 1.165) is 40.3 Å². The highest BCUT2D eigenvalue weighted by atomic mass is 32.1. The molecular formula is C26H25N3O2S. The van der Waals surface area contributed by atoms with E-state index in [2.05, 4.69) is 5.29 Å². The van der Waals surface area contributed by atoms with Crippen LogP contribution in [0, 0.1) is 4.91 Å². The number of hydrogen-bond donors (Lipinski definition) is 0. The summed E-state index contributed by atoms with van der Waals surface area (Å²) in [4.78, 5) is 25.7. The lowest BCUT2D eigenvalue weighted by atomic mass is 9.94. The fraction of sp³-hybridized carbons (Fsp3) is 0.231. The zero-order valence-electron chi connectivity index (χ0n) is 17.8. The van der Waals surface area contributed by atoms with E-state index in [1.807, 2.05) is 89.8 Å². The molecule has 0 unspecified atom stereocenters. The molecule has 2 aliphatic rings. The van der Waals surface area contributed by atoms with Gasteiger partial charge in [0, 0.05) is 11.6 Å². The minimum atomic E-state index is 0.109. The molecular weight excluding hydrogens is 418 g/mol. The maximum absolute atomic E-state index is 12.3. The van der Waals surface area contributed by atoms with Gasteiger partial charge in [-0.1, -0.05) is 86.1 Å². The van der Waals surface area contributed by atoms with E-state index in [9.17, 15) is 9.70 Å². The largest absolute Gasteiger partial charge is 0.295 e. The smallest absolute Gasteiger partial charge is 0.259 e. The lowest BCUT2D eigenvalue weighted by Gasteiger charge is -2.30. The van der Waals surface area contributed by atoms with E-state index in [4.69, 9.17) is 12.2 Å². The number of hydrogen-bond acceptors (Lipinski definition) is 4. The molecule has 6 heteroatoms. The second-order valence-corrected chi connectivity index (χ2v) is 8.27. The first kappa shape index (κ1) is 21.8. The fourth-order valence-corrected chi connectivity index (χ4v) is 4.67. The lowest BCUT2D eigenvalue weighted by molar-refractivity contribution is 0.0795. The molecule has 5 rings (SSSR count). The predicted molar refractivity (Wildman–Crippen MR) is 132 cm³/mol. The Labute approximate surface area is 193 Å². The maximum atomic E-state index is 12.3. The van der Waals surface area contributed by atoms with Gasteiger partial charge in [0.2, 0.25) is 0 Å². The molecule has 1 saturated carbocycles. The molecule has 1 aliphatic heterocycles. The topological polar surface area (TPSA) is 53.0 Å². The van der Waals surface area contributed by atoms with Crippen LogP contribution in [0.25, 0.3) is 0 Å². The highest BCUT2D eigenvalue weighted by molar-refractivity contribution is 7.80. The maximum Gasteiger partial charge on any atom is 0.259 e. The molecule has 0 saturated heterocycles. The molecule has 162 valence electrons. The molecule has 1 heterocycles. The summed E-state index contributed by atoms with van der Waals surface area (Å²) in [5, 5.41) is 4.37. The number of nitroso groups, excluding NO2 is 1. The van der Waals surface area contributed by atoms with Gasteiger partial charge in [-0.05, 0) is 43.2 Å². The molecule has 0 spiro atoms. The number of benzene rings is 3. The number of carbonyl (C=O) groups excluding carboxylic acids is 1. The van der Waals surface area contributed by atoms with Gasteiger partial charge in [0.1, 0.15) is 4.99 Å². The van der Waals surface area contributed by atoms with Crippen LogP contribution in [0.5, 0.6) is 0 Å². The third-order valence-electron chi connectivity index (χ3n) is 5.85. The Morgan fingerprint density at radius 3 is 1.75 bits per heavy atom. The Morgan fingerprint density at radius 2 is 1.25 bits per heavy atom. The summed E-state index contributed by atoms with van der Waals surface area (Å²) in [6, 6.07) is 26.7. The van der Waals surface area contributed by atoms with E-state index in [0.29, 0.717) is 6.04 Å². The molecule has 0 bridgehead atoms. The van der Waals surface area contributed by atoms with Crippen molar-refractivity contribution in [3.05, 3.63) is 101 Å². The SMILES string of the molecule is O=C1c2ccccc2C(=S)N1C1CCCCC1.O=NN(c1ccccc1)c1ccccc1. The summed E-state index contributed by atoms with van der Waals surface area (Å²) in [7, 11) is 0. The van der Waals surface area contributed by atoms with Crippen molar-refractivity contribution >= 4 is 34.5 Å². The van der Waals surface area contributed by atoms with Gasteiger partial charge in [-0.3, -0.25) is 9.69 Å². The van der Waals surface area contributed by atoms with Crippen LogP contribution in [0.2, 0.25) is 0 Å². The Kier molecular flexibility index (Phi) is 7.02. The van der Waals surface area contributed by atoms with Crippen molar-refractivity contribution in [1.82, 2.24) is 4.90 Å². The van der Waals surface area contributed by atoms with Gasteiger partial charge >= 0.3 is 0 Å². The Balaban J connectivity index is 0.000000155. The van der Waals surface area contributed by atoms with Crippen molar-refractivity contribution in [2.45, 2.75) is 38.1 Å². The van der Waals surface area contributed by atoms with Crippen molar-refractivity contribution in [2.24, 2.45) is 5.29 Å². The average Bonchev–Trinajstić information content (AvgIpc) is 3.12. The summed E-state index contributed by atoms with van der Waals surface area (Å²) in [5.74, 6) is 0.109. The molecule has 0 atom stereocenters. The third kappa shape index (κ3) is 4.60. The highest BCUT2D eigenvalue weighted by Crippen LogP contribution is 2.31. The number of thiocarbonyl (C=S) groups is 1. The molecule has 32 heavy (non-hydrogen) atoms. The highest BCUT2D eigenvalue weighted by Gasteiger charge is 2.37. The van der Waals surface area contributed by atoms with Gasteiger partial charge in [0.15, 0.2) is 0 Å². The van der Waals surface area contributed by atoms with E-state index >= 15 is 0 Å². The summed E-state index contributed by atoms with van der Waals surface area (Å²) >= 11 is 5.46. The number of rotatable bonds is 4. The van der Waals surface area contributed by atoms with Crippen LogP contribution >= 0.6 is 12.2 Å². The summed E-state index contributed by atoms with van der Waals surface area (Å²) in [5.41, 5.74) is 3.25. The van der Waals surface area contributed by atoms with Crippen LogP contribution in [-0.2, 0) is 0 Å². The van der Waals surface area contributed by atoms with E-state index in [1.165, 1.54) is 24.3 Å². The lowest BCUT2D eigenvalue weighted by Crippen LogP contribution is -2.40. The number of fused-ring (bicyclic) bond motifs is 1. The monoisotopic (exact) mass is 443 g/mol. The van der Waals surface area contributed by atoms with E-state index < -0.39 is 0 Å². The molecule has 1 fully saturated rings. The first-order valence-corrected chi connectivity index (χ1v) is 11.3. The summed E-state index contributed by atoms with van der Waals surface area (Å²) in [6.07, 6.45) is 5.92. The number of amides is 1. The van der Waals surface area contributed by atoms with Crippen LogP contribution in [-0.4, -0.2) is 21.8 Å². The van der Waals surface area contributed by atoms with Crippen LogP contribution in [0.1, 0.15) is 48.0 Å². The van der Waals surface area contributed by atoms with E-state index in [-0.39, 0.29) is 5.91 Å². The quantitative estimate of drug-likeness (QED) is 0.257. The first-order chi connectivity index (χ1) is 15.7. The van der Waals surface area contributed by atoms with Gasteiger partial charge in [0.25, 0.3) is 5.91 Å². The third-order valence-corrected chi connectivity index (χ3v) is 6.27. The van der Waals surface area contributed by atoms with Crippen molar-refractivity contribution in [1.29, 1.82) is 0 Å². The van der Waals surface area contributed by atoms with Crippen LogP contribution < -0.4 is 5.01 Å². The van der Waals surface area contributed by atoms with Crippen LogP contribution in [0.4, 0.5) is 11.4 Å². The van der Waals surface area contributed by atoms with Crippen LogP contribution in [0.15, 0.2) is 90.2 Å². The number of nitrogens with zero attached hydrogens (tertiary/aromatic N) is 3. The van der Waals surface area contributed by atoms with Crippen molar-refractivity contribution in [3.8, 4) is 0 Å². The molecule has 3 aromatic carbocycles. The predicted octanol–water partition coefficient (Wildman–Crippen LogP) is 6.66. The number of carbonyl (C=O) groups is 1. The number of para-hydroxylation sites is 2. The van der Waals surface area contributed by atoms with E-state index in [1.54, 1.807) is 0 Å². The molecule has 0 radical (unpaired) electrons. The van der Waals surface area contributed by atoms with Crippen molar-refractivity contribution < 1.29 is 4.79 Å². The minimum Gasteiger partial charge on any atom is -0.295 e. The molecule has 3 aromatic rings. The van der Waals surface area contributed by atoms with Crippen molar-refractivity contribution in [2.75, 3.05) is 5.01 Å². The molecule has 5 nitrogen and oxygen atoms in total. The molecule has 1 amide bonds. The normalized spacial score (nSPS) is 15.6. The van der Waals surface area contributed by atoms with Gasteiger partial charge in [-0.2, -0.15) is 5.01 Å². The summed E-state index contributed by atoms with van der Waals surface area (Å²) < 4.78 is 0. The van der Waals surface area contributed by atoms with Gasteiger partial charge in [-0.25, -0.2) is 0 Å². The second kappa shape index (κ2) is 10.3. The molecule has 0 N–H and O–H groups in total. The second-order valence-electron chi connectivity index (χ2n) is 7.88. The Hall–Kier alpha value is -3.38. The molecule has 0 aromatic heterocycles. The summed E-state index contributed by atoms with van der Waals surface area (Å²) in [6.45, 7) is 0. The van der Waals surface area contributed by atoms with Gasteiger partial charge in [0.05, 0.1) is 22.2 Å². The van der Waals surface area contributed by atoms with Gasteiger partial charge in [-0.15, -0.1) is 4.91 Å². The van der Waals surface area contributed by atoms with Crippen molar-refractivity contribution in [3.63, 3.8) is 0 Å². The number of anilines is 2. The molecule has 1 aliphatic carbocycles. The first-order valence-electron chi connectivity index (χ1n) is 10.9. The standard InChI is InChI=1S/C14H15NOS.C12H10N2O/c16-13-11-8-4-5-9-12(11)14(17)15(13)10-6-2-1-3-7-10;15-13-14(11-7-3-1-4-8-11)12-9-5-2-6-10-12/h4-5,8-10H,1-3,6-7H2;1-10H.